The number of aryl methyl sites for hydroxylation is 1. The maximum absolute atomic E-state index is 11.4. The van der Waals surface area contributed by atoms with Crippen LogP contribution in [0.2, 0.25) is 0 Å². The molecular weight excluding hydrogens is 244 g/mol. The van der Waals surface area contributed by atoms with Gasteiger partial charge in [-0.25, -0.2) is 9.78 Å². The maximum Gasteiger partial charge on any atom is 0.339 e. The van der Waals surface area contributed by atoms with Gasteiger partial charge < -0.3 is 14.8 Å². The summed E-state index contributed by atoms with van der Waals surface area (Å²) in [6.07, 6.45) is 2.68. The normalized spacial score (nSPS) is 10.0. The van der Waals surface area contributed by atoms with E-state index in [2.05, 4.69) is 21.6 Å². The van der Waals surface area contributed by atoms with Crippen LogP contribution < -0.4 is 5.32 Å². The maximum atomic E-state index is 11.4. The minimum Gasteiger partial charge on any atom is -0.465 e. The lowest BCUT2D eigenvalue weighted by molar-refractivity contribution is 0.0599. The molecule has 0 aliphatic carbocycles. The first-order valence-corrected chi connectivity index (χ1v) is 6.17. The number of methoxy groups -OCH3 is 1. The molecule has 1 aromatic rings. The quantitative estimate of drug-likeness (QED) is 0.443. The summed E-state index contributed by atoms with van der Waals surface area (Å²) in [5.41, 5.74) is 1.12. The average molecular weight is 264 g/mol. The van der Waals surface area contributed by atoms with E-state index in [0.29, 0.717) is 31.0 Å². The van der Waals surface area contributed by atoms with Crippen LogP contribution in [0, 0.1) is 6.92 Å². The molecule has 1 rings (SSSR count). The van der Waals surface area contributed by atoms with Crippen LogP contribution >= 0.6 is 0 Å². The molecule has 19 heavy (non-hydrogen) atoms. The highest BCUT2D eigenvalue weighted by molar-refractivity contribution is 5.90. The van der Waals surface area contributed by atoms with Crippen LogP contribution in [0.4, 0.5) is 5.82 Å². The molecule has 0 radical (unpaired) electrons. The van der Waals surface area contributed by atoms with Gasteiger partial charge in [0.05, 0.1) is 31.6 Å². The SMILES string of the molecule is C=CCCOCCNc1ccc(C(=O)OC)c(C)n1. The zero-order chi connectivity index (χ0) is 14.1. The van der Waals surface area contributed by atoms with Crippen LogP contribution in [-0.2, 0) is 9.47 Å². The van der Waals surface area contributed by atoms with Crippen molar-refractivity contribution in [3.05, 3.63) is 36.0 Å². The van der Waals surface area contributed by atoms with Crippen molar-refractivity contribution in [1.29, 1.82) is 0 Å². The van der Waals surface area contributed by atoms with E-state index in [0.717, 1.165) is 12.2 Å². The van der Waals surface area contributed by atoms with Gasteiger partial charge in [-0.05, 0) is 25.5 Å². The molecule has 1 aromatic heterocycles. The topological polar surface area (TPSA) is 60.5 Å². The number of carbonyl (C=O) groups is 1. The number of pyridine rings is 1. The number of rotatable bonds is 8. The van der Waals surface area contributed by atoms with Crippen LogP contribution in [0.25, 0.3) is 0 Å². The van der Waals surface area contributed by atoms with Gasteiger partial charge in [0.1, 0.15) is 5.82 Å². The highest BCUT2D eigenvalue weighted by atomic mass is 16.5. The molecule has 0 unspecified atom stereocenters. The monoisotopic (exact) mass is 264 g/mol. The van der Waals surface area contributed by atoms with Crippen molar-refractivity contribution in [2.45, 2.75) is 13.3 Å². The lowest BCUT2D eigenvalue weighted by Gasteiger charge is -2.08. The van der Waals surface area contributed by atoms with Crippen LogP contribution in [0.5, 0.6) is 0 Å². The fourth-order valence-corrected chi connectivity index (χ4v) is 1.51. The van der Waals surface area contributed by atoms with E-state index in [1.165, 1.54) is 7.11 Å². The molecule has 0 saturated heterocycles. The number of hydrogen-bond acceptors (Lipinski definition) is 5. The van der Waals surface area contributed by atoms with Crippen molar-refractivity contribution >= 4 is 11.8 Å². The van der Waals surface area contributed by atoms with Gasteiger partial charge in [-0.1, -0.05) is 6.08 Å². The zero-order valence-corrected chi connectivity index (χ0v) is 11.4. The Morgan fingerprint density at radius 3 is 2.89 bits per heavy atom. The second kappa shape index (κ2) is 8.26. The van der Waals surface area contributed by atoms with Crippen LogP contribution in [0.15, 0.2) is 24.8 Å². The number of anilines is 1. The van der Waals surface area contributed by atoms with Gasteiger partial charge in [-0.2, -0.15) is 0 Å². The Morgan fingerprint density at radius 2 is 2.26 bits per heavy atom. The van der Waals surface area contributed by atoms with Gasteiger partial charge in [-0.3, -0.25) is 0 Å². The average Bonchev–Trinajstić information content (AvgIpc) is 2.42. The molecule has 0 fully saturated rings. The second-order valence-corrected chi connectivity index (χ2v) is 3.94. The summed E-state index contributed by atoms with van der Waals surface area (Å²) < 4.78 is 10.0. The van der Waals surface area contributed by atoms with Gasteiger partial charge in [0.2, 0.25) is 0 Å². The third-order valence-electron chi connectivity index (χ3n) is 2.51. The predicted octanol–water partition coefficient (Wildman–Crippen LogP) is 2.18. The second-order valence-electron chi connectivity index (χ2n) is 3.94. The lowest BCUT2D eigenvalue weighted by Crippen LogP contribution is -2.12. The lowest BCUT2D eigenvalue weighted by atomic mass is 10.2. The number of hydrogen-bond donors (Lipinski definition) is 1. The summed E-state index contributed by atoms with van der Waals surface area (Å²) in [6.45, 7) is 7.35. The van der Waals surface area contributed by atoms with E-state index in [4.69, 9.17) is 4.74 Å². The molecule has 5 nitrogen and oxygen atoms in total. The standard InChI is InChI=1S/C14H20N2O3/c1-4-5-9-19-10-8-15-13-7-6-12(11(2)16-13)14(17)18-3/h4,6-7H,1,5,8-10H2,2-3H3,(H,15,16). The number of nitrogens with one attached hydrogen (secondary N) is 1. The largest absolute Gasteiger partial charge is 0.465 e. The Kier molecular flexibility index (Phi) is 6.60. The van der Waals surface area contributed by atoms with Crippen LogP contribution in [-0.4, -0.2) is 37.8 Å². The molecule has 1 N–H and O–H groups in total. The van der Waals surface area contributed by atoms with E-state index in [-0.39, 0.29) is 5.97 Å². The summed E-state index contributed by atoms with van der Waals surface area (Å²) in [5.74, 6) is 0.349. The fourth-order valence-electron chi connectivity index (χ4n) is 1.51. The molecule has 0 aliphatic rings. The summed E-state index contributed by atoms with van der Waals surface area (Å²) in [4.78, 5) is 15.7. The molecule has 0 saturated carbocycles. The predicted molar refractivity (Wildman–Crippen MR) is 74.4 cm³/mol. The molecule has 104 valence electrons. The number of nitrogens with zero attached hydrogens (tertiary/aromatic N) is 1. The summed E-state index contributed by atoms with van der Waals surface area (Å²) in [5, 5.41) is 3.13. The molecule has 0 atom stereocenters. The summed E-state index contributed by atoms with van der Waals surface area (Å²) >= 11 is 0. The van der Waals surface area contributed by atoms with E-state index in [1.54, 1.807) is 19.1 Å². The van der Waals surface area contributed by atoms with Crippen LogP contribution in [0.3, 0.4) is 0 Å². The van der Waals surface area contributed by atoms with E-state index in [1.807, 2.05) is 6.08 Å². The minimum absolute atomic E-state index is 0.371. The minimum atomic E-state index is -0.371. The van der Waals surface area contributed by atoms with E-state index < -0.39 is 0 Å². The van der Waals surface area contributed by atoms with Gasteiger partial charge in [0.15, 0.2) is 0 Å². The van der Waals surface area contributed by atoms with Gasteiger partial charge >= 0.3 is 5.97 Å². The van der Waals surface area contributed by atoms with E-state index >= 15 is 0 Å². The Hall–Kier alpha value is -1.88. The Bertz CT molecular complexity index is 433. The molecule has 0 bridgehead atoms. The first-order chi connectivity index (χ1) is 9.19. The van der Waals surface area contributed by atoms with Crippen molar-refractivity contribution in [1.82, 2.24) is 4.98 Å². The Balaban J connectivity index is 2.41. The summed E-state index contributed by atoms with van der Waals surface area (Å²) in [6, 6.07) is 3.46. The van der Waals surface area contributed by atoms with Crippen molar-refractivity contribution in [3.8, 4) is 0 Å². The molecular formula is C14H20N2O3. The number of ether oxygens (including phenoxy) is 2. The zero-order valence-electron chi connectivity index (χ0n) is 11.4. The molecule has 0 aliphatic heterocycles. The van der Waals surface area contributed by atoms with Gasteiger partial charge in [-0.15, -0.1) is 6.58 Å². The first-order valence-electron chi connectivity index (χ1n) is 6.17. The van der Waals surface area contributed by atoms with Crippen molar-refractivity contribution in [2.75, 3.05) is 32.2 Å². The highest BCUT2D eigenvalue weighted by Crippen LogP contribution is 2.11. The molecule has 0 aromatic carbocycles. The van der Waals surface area contributed by atoms with Crippen molar-refractivity contribution in [2.24, 2.45) is 0 Å². The third kappa shape index (κ3) is 5.09. The smallest absolute Gasteiger partial charge is 0.339 e. The highest BCUT2D eigenvalue weighted by Gasteiger charge is 2.10. The Labute approximate surface area is 113 Å². The van der Waals surface area contributed by atoms with Crippen molar-refractivity contribution in [3.63, 3.8) is 0 Å². The molecule has 1 heterocycles. The van der Waals surface area contributed by atoms with E-state index in [9.17, 15) is 4.79 Å². The third-order valence-corrected chi connectivity index (χ3v) is 2.51. The summed E-state index contributed by atoms with van der Waals surface area (Å²) in [7, 11) is 1.36. The van der Waals surface area contributed by atoms with Gasteiger partial charge in [0, 0.05) is 6.54 Å². The fraction of sp³-hybridized carbons (Fsp3) is 0.429. The first kappa shape index (κ1) is 15.2. The molecule has 5 heteroatoms. The molecule has 0 amide bonds. The van der Waals surface area contributed by atoms with Gasteiger partial charge in [0.25, 0.3) is 0 Å². The Morgan fingerprint density at radius 1 is 1.47 bits per heavy atom. The number of esters is 1. The van der Waals surface area contributed by atoms with Crippen LogP contribution in [0.1, 0.15) is 22.5 Å². The van der Waals surface area contributed by atoms with Crippen molar-refractivity contribution < 1.29 is 14.3 Å². The number of aromatic nitrogens is 1. The molecule has 0 spiro atoms. The number of carbonyl (C=O) groups excluding carboxylic acids is 1.